The van der Waals surface area contributed by atoms with Crippen LogP contribution < -0.4 is 0 Å². The van der Waals surface area contributed by atoms with E-state index in [-0.39, 0.29) is 6.10 Å². The van der Waals surface area contributed by atoms with Gasteiger partial charge in [0.1, 0.15) is 0 Å². The monoisotopic (exact) mass is 328 g/mol. The molecule has 3 heteroatoms. The molecule has 3 fully saturated rings. The lowest BCUT2D eigenvalue weighted by molar-refractivity contribution is 0.0429. The van der Waals surface area contributed by atoms with Gasteiger partial charge >= 0.3 is 0 Å². The second-order valence-electron chi connectivity index (χ2n) is 8.52. The van der Waals surface area contributed by atoms with Crippen LogP contribution >= 0.6 is 0 Å². The third-order valence-corrected chi connectivity index (χ3v) is 6.64. The van der Waals surface area contributed by atoms with Crippen LogP contribution in [0, 0.1) is 25.7 Å². The normalized spacial score (nSPS) is 32.4. The quantitative estimate of drug-likeness (QED) is 0.920. The number of piperazine rings is 1. The Morgan fingerprint density at radius 2 is 1.71 bits per heavy atom. The van der Waals surface area contributed by atoms with E-state index in [2.05, 4.69) is 41.8 Å². The molecular formula is C21H32N2O. The van der Waals surface area contributed by atoms with Crippen molar-refractivity contribution in [2.45, 2.75) is 51.7 Å². The van der Waals surface area contributed by atoms with Crippen molar-refractivity contribution in [3.63, 3.8) is 0 Å². The van der Waals surface area contributed by atoms with Gasteiger partial charge in [0.15, 0.2) is 0 Å². The molecule has 1 saturated heterocycles. The van der Waals surface area contributed by atoms with Crippen LogP contribution in [0.15, 0.2) is 18.2 Å². The number of aryl methyl sites for hydroxylation is 2. The fourth-order valence-electron chi connectivity index (χ4n) is 5.49. The molecule has 2 saturated carbocycles. The van der Waals surface area contributed by atoms with E-state index in [4.69, 9.17) is 0 Å². The van der Waals surface area contributed by atoms with Gasteiger partial charge in [0.05, 0.1) is 6.10 Å². The number of hydrogen-bond acceptors (Lipinski definition) is 3. The number of rotatable bonds is 4. The van der Waals surface area contributed by atoms with E-state index >= 15 is 0 Å². The summed E-state index contributed by atoms with van der Waals surface area (Å²) in [5.41, 5.74) is 3.55. The van der Waals surface area contributed by atoms with Crippen molar-refractivity contribution in [2.75, 3.05) is 32.7 Å². The summed E-state index contributed by atoms with van der Waals surface area (Å²) >= 11 is 0. The zero-order chi connectivity index (χ0) is 16.7. The lowest BCUT2D eigenvalue weighted by atomic mass is 9.93. The van der Waals surface area contributed by atoms with Crippen LogP contribution in [0.4, 0.5) is 0 Å². The SMILES string of the molecule is Cc1cc(C)cc(C(O)CN2CCN(C3CC4CCC3C4)CC2)c1. The first-order chi connectivity index (χ1) is 11.6. The molecule has 2 bridgehead atoms. The fraction of sp³-hybridized carbons (Fsp3) is 0.714. The molecule has 0 aromatic heterocycles. The van der Waals surface area contributed by atoms with E-state index in [1.54, 1.807) is 0 Å². The Morgan fingerprint density at radius 1 is 1.00 bits per heavy atom. The molecule has 0 amide bonds. The van der Waals surface area contributed by atoms with Gasteiger partial charge in [0.2, 0.25) is 0 Å². The Balaban J connectivity index is 1.30. The van der Waals surface area contributed by atoms with Crippen LogP contribution in [-0.2, 0) is 0 Å². The zero-order valence-corrected chi connectivity index (χ0v) is 15.2. The second-order valence-corrected chi connectivity index (χ2v) is 8.52. The largest absolute Gasteiger partial charge is 0.387 e. The number of fused-ring (bicyclic) bond motifs is 2. The van der Waals surface area contributed by atoms with Gasteiger partial charge in [-0.15, -0.1) is 0 Å². The van der Waals surface area contributed by atoms with Gasteiger partial charge in [0.25, 0.3) is 0 Å². The first kappa shape index (κ1) is 16.6. The third-order valence-electron chi connectivity index (χ3n) is 6.64. The lowest BCUT2D eigenvalue weighted by Crippen LogP contribution is -2.52. The maximum absolute atomic E-state index is 10.6. The maximum Gasteiger partial charge on any atom is 0.0917 e. The number of hydrogen-bond donors (Lipinski definition) is 1. The van der Waals surface area contributed by atoms with Crippen molar-refractivity contribution in [3.8, 4) is 0 Å². The van der Waals surface area contributed by atoms with Gasteiger partial charge < -0.3 is 5.11 Å². The van der Waals surface area contributed by atoms with Crippen molar-refractivity contribution in [1.82, 2.24) is 9.80 Å². The van der Waals surface area contributed by atoms with E-state index in [1.165, 1.54) is 49.9 Å². The molecule has 24 heavy (non-hydrogen) atoms. The van der Waals surface area contributed by atoms with Crippen LogP contribution in [-0.4, -0.2) is 53.7 Å². The molecule has 0 radical (unpaired) electrons. The average Bonchev–Trinajstić information content (AvgIpc) is 3.18. The first-order valence-corrected chi connectivity index (χ1v) is 9.81. The molecule has 4 unspecified atom stereocenters. The second kappa shape index (κ2) is 6.78. The highest BCUT2D eigenvalue weighted by molar-refractivity contribution is 5.30. The van der Waals surface area contributed by atoms with Crippen LogP contribution in [0.3, 0.4) is 0 Å². The molecule has 1 heterocycles. The molecule has 132 valence electrons. The highest BCUT2D eigenvalue weighted by Crippen LogP contribution is 2.46. The summed E-state index contributed by atoms with van der Waals surface area (Å²) in [5, 5.41) is 10.6. The van der Waals surface area contributed by atoms with E-state index < -0.39 is 0 Å². The Hall–Kier alpha value is -0.900. The molecule has 2 aliphatic carbocycles. The van der Waals surface area contributed by atoms with E-state index in [9.17, 15) is 5.11 Å². The van der Waals surface area contributed by atoms with Crippen molar-refractivity contribution >= 4 is 0 Å². The Kier molecular flexibility index (Phi) is 4.68. The van der Waals surface area contributed by atoms with Crippen LogP contribution in [0.1, 0.15) is 48.5 Å². The molecule has 0 spiro atoms. The highest BCUT2D eigenvalue weighted by Gasteiger charge is 2.42. The lowest BCUT2D eigenvalue weighted by Gasteiger charge is -2.41. The molecule has 1 aliphatic heterocycles. The van der Waals surface area contributed by atoms with Crippen molar-refractivity contribution < 1.29 is 5.11 Å². The van der Waals surface area contributed by atoms with Gasteiger partial charge in [-0.1, -0.05) is 35.7 Å². The van der Waals surface area contributed by atoms with Gasteiger partial charge in [0, 0.05) is 38.8 Å². The van der Waals surface area contributed by atoms with Crippen LogP contribution in [0.5, 0.6) is 0 Å². The minimum atomic E-state index is -0.363. The molecule has 4 atom stereocenters. The van der Waals surface area contributed by atoms with Gasteiger partial charge in [-0.3, -0.25) is 9.80 Å². The molecule has 3 aliphatic rings. The highest BCUT2D eigenvalue weighted by atomic mass is 16.3. The van der Waals surface area contributed by atoms with Crippen LogP contribution in [0.2, 0.25) is 0 Å². The number of nitrogens with zero attached hydrogens (tertiary/aromatic N) is 2. The van der Waals surface area contributed by atoms with Gasteiger partial charge in [-0.2, -0.15) is 0 Å². The number of benzene rings is 1. The summed E-state index contributed by atoms with van der Waals surface area (Å²) in [4.78, 5) is 5.20. The summed E-state index contributed by atoms with van der Waals surface area (Å²) in [6.07, 6.45) is 5.55. The average molecular weight is 329 g/mol. The van der Waals surface area contributed by atoms with E-state index in [1.807, 2.05) is 0 Å². The van der Waals surface area contributed by atoms with E-state index in [0.29, 0.717) is 0 Å². The number of aliphatic hydroxyl groups excluding tert-OH is 1. The fourth-order valence-corrected chi connectivity index (χ4v) is 5.49. The maximum atomic E-state index is 10.6. The van der Waals surface area contributed by atoms with Gasteiger partial charge in [-0.05, 0) is 50.5 Å². The van der Waals surface area contributed by atoms with Crippen LogP contribution in [0.25, 0.3) is 0 Å². The minimum Gasteiger partial charge on any atom is -0.387 e. The molecule has 1 aromatic rings. The summed E-state index contributed by atoms with van der Waals surface area (Å²) < 4.78 is 0. The number of aliphatic hydroxyl groups is 1. The predicted molar refractivity (Wildman–Crippen MR) is 98.1 cm³/mol. The molecule has 4 rings (SSSR count). The number of β-amino-alcohol motifs (C(OH)–C–C–N with tert-alkyl or cyclic N) is 1. The smallest absolute Gasteiger partial charge is 0.0917 e. The van der Waals surface area contributed by atoms with Crippen molar-refractivity contribution in [1.29, 1.82) is 0 Å². The first-order valence-electron chi connectivity index (χ1n) is 9.81. The summed E-state index contributed by atoms with van der Waals surface area (Å²) in [7, 11) is 0. The minimum absolute atomic E-state index is 0.363. The Bertz CT molecular complexity index is 559. The van der Waals surface area contributed by atoms with Crippen molar-refractivity contribution in [3.05, 3.63) is 34.9 Å². The topological polar surface area (TPSA) is 26.7 Å². The molecule has 1 aromatic carbocycles. The zero-order valence-electron chi connectivity index (χ0n) is 15.2. The van der Waals surface area contributed by atoms with E-state index in [0.717, 1.165) is 43.1 Å². The summed E-state index contributed by atoms with van der Waals surface area (Å²) in [6, 6.07) is 7.30. The van der Waals surface area contributed by atoms with Gasteiger partial charge in [-0.25, -0.2) is 0 Å². The summed E-state index contributed by atoms with van der Waals surface area (Å²) in [6.45, 7) is 9.58. The predicted octanol–water partition coefficient (Wildman–Crippen LogP) is 3.14. The third kappa shape index (κ3) is 3.40. The van der Waals surface area contributed by atoms with Crippen molar-refractivity contribution in [2.24, 2.45) is 11.8 Å². The molecular weight excluding hydrogens is 296 g/mol. The molecule has 1 N–H and O–H groups in total. The Morgan fingerprint density at radius 3 is 2.29 bits per heavy atom. The molecule has 3 nitrogen and oxygen atoms in total. The summed E-state index contributed by atoms with van der Waals surface area (Å²) in [5.74, 6) is 2.02. The Labute approximate surface area is 146 Å². The standard InChI is InChI=1S/C21H32N2O/c1-15-9-16(2)11-19(10-15)21(24)14-22-5-7-23(8-6-22)20-13-17-3-4-18(20)12-17/h9-11,17-18,20-21,24H,3-8,12-14H2,1-2H3.